The van der Waals surface area contributed by atoms with Crippen LogP contribution < -0.4 is 14.2 Å². The number of carboxylic acid groups (broad SMARTS) is 1. The molecule has 0 radical (unpaired) electrons. The number of benzene rings is 2. The van der Waals surface area contributed by atoms with Gasteiger partial charge in [-0.2, -0.15) is 0 Å². The molecule has 1 fully saturated rings. The van der Waals surface area contributed by atoms with Crippen LogP contribution in [0.25, 0.3) is 0 Å². The average Bonchev–Trinajstić information content (AvgIpc) is 3.05. The molecule has 0 bridgehead atoms. The number of carbonyl (C=O) groups is 1. The molecule has 4 rings (SSSR count). The molecule has 0 saturated carbocycles. The highest BCUT2D eigenvalue weighted by atomic mass is 35.5. The van der Waals surface area contributed by atoms with Crippen LogP contribution in [0.15, 0.2) is 36.4 Å². The van der Waals surface area contributed by atoms with Crippen molar-refractivity contribution in [2.75, 3.05) is 26.2 Å². The van der Waals surface area contributed by atoms with Gasteiger partial charge in [0, 0.05) is 17.0 Å². The van der Waals surface area contributed by atoms with Crippen LogP contribution in [-0.2, 0) is 16.8 Å². The SMILES string of the molecule is Cl.O=C(O)CN1CCC2(CC1)COc1cc(OCc3c(Cl)cccc3OC(F)(F)F)ccc12. The van der Waals surface area contributed by atoms with Crippen LogP contribution in [0.1, 0.15) is 24.0 Å². The molecule has 1 saturated heterocycles. The van der Waals surface area contributed by atoms with Crippen molar-refractivity contribution >= 4 is 30.0 Å². The van der Waals surface area contributed by atoms with E-state index in [4.69, 9.17) is 26.2 Å². The number of nitrogens with zero attached hydrogens (tertiary/aromatic N) is 1. The number of carboxylic acids is 1. The van der Waals surface area contributed by atoms with Gasteiger partial charge >= 0.3 is 12.3 Å². The van der Waals surface area contributed by atoms with Gasteiger partial charge in [0.15, 0.2) is 0 Å². The Kier molecular flexibility index (Phi) is 7.55. The number of rotatable bonds is 6. The summed E-state index contributed by atoms with van der Waals surface area (Å²) in [7, 11) is 0. The number of fused-ring (bicyclic) bond motifs is 2. The third-order valence-corrected chi connectivity index (χ3v) is 6.24. The molecule has 33 heavy (non-hydrogen) atoms. The summed E-state index contributed by atoms with van der Waals surface area (Å²) in [6, 6.07) is 9.40. The first-order valence-corrected chi connectivity index (χ1v) is 10.4. The smallest absolute Gasteiger partial charge is 0.492 e. The van der Waals surface area contributed by atoms with Gasteiger partial charge in [-0.05, 0) is 44.1 Å². The molecule has 0 aromatic heterocycles. The highest BCUT2D eigenvalue weighted by Crippen LogP contribution is 2.46. The minimum atomic E-state index is -4.84. The first-order chi connectivity index (χ1) is 15.2. The van der Waals surface area contributed by atoms with Gasteiger partial charge in [-0.1, -0.05) is 23.7 Å². The zero-order chi connectivity index (χ0) is 22.9. The Morgan fingerprint density at radius 3 is 2.61 bits per heavy atom. The number of ether oxygens (including phenoxy) is 3. The lowest BCUT2D eigenvalue weighted by molar-refractivity contribution is -0.275. The summed E-state index contributed by atoms with van der Waals surface area (Å²) in [5.74, 6) is -0.148. The average molecular weight is 508 g/mol. The van der Waals surface area contributed by atoms with E-state index >= 15 is 0 Å². The molecule has 1 N–H and O–H groups in total. The number of piperidine rings is 1. The first kappa shape index (κ1) is 25.3. The van der Waals surface area contributed by atoms with E-state index in [1.54, 1.807) is 12.1 Å². The number of aliphatic carboxylic acids is 1. The predicted molar refractivity (Wildman–Crippen MR) is 117 cm³/mol. The summed E-state index contributed by atoms with van der Waals surface area (Å²) in [5, 5.41) is 9.09. The Balaban J connectivity index is 0.00000306. The maximum absolute atomic E-state index is 12.7. The maximum Gasteiger partial charge on any atom is 0.573 e. The fourth-order valence-corrected chi connectivity index (χ4v) is 4.46. The number of alkyl halides is 3. The second kappa shape index (κ2) is 9.87. The van der Waals surface area contributed by atoms with E-state index in [1.807, 2.05) is 11.0 Å². The maximum atomic E-state index is 12.7. The highest BCUT2D eigenvalue weighted by molar-refractivity contribution is 6.31. The van der Waals surface area contributed by atoms with Crippen molar-refractivity contribution in [1.29, 1.82) is 0 Å². The molecular weight excluding hydrogens is 486 g/mol. The molecule has 2 aliphatic rings. The molecule has 2 aromatic carbocycles. The molecule has 0 atom stereocenters. The van der Waals surface area contributed by atoms with E-state index in [9.17, 15) is 18.0 Å². The van der Waals surface area contributed by atoms with Gasteiger partial charge in [-0.3, -0.25) is 9.69 Å². The van der Waals surface area contributed by atoms with Crippen molar-refractivity contribution in [3.63, 3.8) is 0 Å². The van der Waals surface area contributed by atoms with E-state index in [0.29, 0.717) is 31.2 Å². The van der Waals surface area contributed by atoms with E-state index in [2.05, 4.69) is 4.74 Å². The minimum Gasteiger partial charge on any atom is -0.492 e. The van der Waals surface area contributed by atoms with Gasteiger partial charge in [0.25, 0.3) is 0 Å². The highest BCUT2D eigenvalue weighted by Gasteiger charge is 2.43. The quantitative estimate of drug-likeness (QED) is 0.589. The van der Waals surface area contributed by atoms with Crippen molar-refractivity contribution in [3.8, 4) is 17.2 Å². The summed E-state index contributed by atoms with van der Waals surface area (Å²) >= 11 is 6.07. The Hall–Kier alpha value is -2.36. The number of hydrogen-bond acceptors (Lipinski definition) is 5. The molecule has 6 nitrogen and oxygen atoms in total. The second-order valence-electron chi connectivity index (χ2n) is 7.95. The molecule has 0 amide bonds. The topological polar surface area (TPSA) is 68.2 Å². The van der Waals surface area contributed by atoms with Crippen LogP contribution >= 0.6 is 24.0 Å². The van der Waals surface area contributed by atoms with E-state index in [1.165, 1.54) is 18.2 Å². The van der Waals surface area contributed by atoms with Gasteiger partial charge in [0.1, 0.15) is 23.9 Å². The van der Waals surface area contributed by atoms with Crippen LogP contribution in [0.4, 0.5) is 13.2 Å². The van der Waals surface area contributed by atoms with Gasteiger partial charge in [-0.15, -0.1) is 25.6 Å². The molecule has 0 unspecified atom stereocenters. The molecule has 2 heterocycles. The largest absolute Gasteiger partial charge is 0.573 e. The Labute approximate surface area is 199 Å². The standard InChI is InChI=1S/C22H21ClF3NO5.ClH/c23-17-2-1-3-18(32-22(24,25)26)15(17)12-30-14-4-5-16-19(10-14)31-13-21(16)6-8-27(9-7-21)11-20(28)29;/h1-5,10H,6-9,11-13H2,(H,28,29);1H. The van der Waals surface area contributed by atoms with E-state index in [0.717, 1.165) is 18.4 Å². The summed E-state index contributed by atoms with van der Waals surface area (Å²) < 4.78 is 53.7. The molecule has 180 valence electrons. The van der Waals surface area contributed by atoms with Crippen LogP contribution in [-0.4, -0.2) is 48.6 Å². The molecule has 1 spiro atoms. The Morgan fingerprint density at radius 2 is 1.94 bits per heavy atom. The molecule has 2 aromatic rings. The van der Waals surface area contributed by atoms with Crippen LogP contribution in [0, 0.1) is 0 Å². The zero-order valence-electron chi connectivity index (χ0n) is 17.4. The molecule has 11 heteroatoms. The number of halogens is 5. The zero-order valence-corrected chi connectivity index (χ0v) is 18.9. The fourth-order valence-electron chi connectivity index (χ4n) is 4.24. The van der Waals surface area contributed by atoms with Gasteiger partial charge < -0.3 is 19.3 Å². The summed E-state index contributed by atoms with van der Waals surface area (Å²) in [6.45, 7) is 1.66. The lowest BCUT2D eigenvalue weighted by atomic mass is 9.74. The van der Waals surface area contributed by atoms with Gasteiger partial charge in [-0.25, -0.2) is 0 Å². The molecule has 0 aliphatic carbocycles. The summed E-state index contributed by atoms with van der Waals surface area (Å²) in [6.07, 6.45) is -3.27. The third-order valence-electron chi connectivity index (χ3n) is 5.89. The first-order valence-electron chi connectivity index (χ1n) is 10.0. The Bertz CT molecular complexity index is 1010. The fraction of sp³-hybridized carbons (Fsp3) is 0.409. The van der Waals surface area contributed by atoms with Crippen LogP contribution in [0.2, 0.25) is 5.02 Å². The van der Waals surface area contributed by atoms with Crippen molar-refractivity contribution in [2.45, 2.75) is 31.2 Å². The normalized spacial score (nSPS) is 17.1. The van der Waals surface area contributed by atoms with Crippen LogP contribution in [0.5, 0.6) is 17.2 Å². The van der Waals surface area contributed by atoms with Gasteiger partial charge in [0.05, 0.1) is 23.7 Å². The summed E-state index contributed by atoms with van der Waals surface area (Å²) in [5.41, 5.74) is 0.966. The van der Waals surface area contributed by atoms with Crippen LogP contribution in [0.3, 0.4) is 0 Å². The number of hydrogen-bond donors (Lipinski definition) is 1. The predicted octanol–water partition coefficient (Wildman–Crippen LogP) is 5.05. The van der Waals surface area contributed by atoms with Gasteiger partial charge in [0.2, 0.25) is 0 Å². The van der Waals surface area contributed by atoms with Crippen molar-refractivity contribution < 1.29 is 37.3 Å². The van der Waals surface area contributed by atoms with Crippen molar-refractivity contribution in [1.82, 2.24) is 4.90 Å². The number of likely N-dealkylation sites (tertiary alicyclic amines) is 1. The third kappa shape index (κ3) is 5.77. The van der Waals surface area contributed by atoms with E-state index in [-0.39, 0.29) is 41.6 Å². The summed E-state index contributed by atoms with van der Waals surface area (Å²) in [4.78, 5) is 12.8. The monoisotopic (exact) mass is 507 g/mol. The second-order valence-corrected chi connectivity index (χ2v) is 8.36. The minimum absolute atomic E-state index is 0. The van der Waals surface area contributed by atoms with Crippen molar-refractivity contribution in [3.05, 3.63) is 52.5 Å². The molecular formula is C22H22Cl2F3NO5. The Morgan fingerprint density at radius 1 is 1.21 bits per heavy atom. The van der Waals surface area contributed by atoms with E-state index < -0.39 is 18.1 Å². The molecule has 2 aliphatic heterocycles. The lowest BCUT2D eigenvalue weighted by Gasteiger charge is -2.37. The lowest BCUT2D eigenvalue weighted by Crippen LogP contribution is -2.45. The van der Waals surface area contributed by atoms with Crippen molar-refractivity contribution in [2.24, 2.45) is 0 Å².